The molecular weight excluding hydrogens is 241 g/mol. The lowest BCUT2D eigenvalue weighted by molar-refractivity contribution is 0.606. The predicted octanol–water partition coefficient (Wildman–Crippen LogP) is 3.51. The maximum atomic E-state index is 13.3. The molecular formula is C15H18FN3. The van der Waals surface area contributed by atoms with Gasteiger partial charge in [0, 0.05) is 12.2 Å². The molecule has 0 aliphatic heterocycles. The largest absolute Gasteiger partial charge is 0.353 e. The van der Waals surface area contributed by atoms with Crippen LogP contribution in [0.4, 0.5) is 10.3 Å². The van der Waals surface area contributed by atoms with E-state index in [4.69, 9.17) is 0 Å². The van der Waals surface area contributed by atoms with Crippen molar-refractivity contribution in [1.29, 1.82) is 0 Å². The van der Waals surface area contributed by atoms with Gasteiger partial charge in [-0.25, -0.2) is 9.37 Å². The molecule has 1 unspecified atom stereocenters. The average Bonchev–Trinajstić information content (AvgIpc) is 3.11. The highest BCUT2D eigenvalue weighted by Gasteiger charge is 2.24. The Morgan fingerprint density at radius 3 is 2.89 bits per heavy atom. The minimum Gasteiger partial charge on any atom is -0.353 e. The monoisotopic (exact) mass is 259 g/mol. The van der Waals surface area contributed by atoms with Crippen molar-refractivity contribution in [3.8, 4) is 0 Å². The molecule has 0 saturated heterocycles. The maximum Gasteiger partial charge on any atom is 0.203 e. The van der Waals surface area contributed by atoms with Crippen molar-refractivity contribution in [1.82, 2.24) is 9.55 Å². The van der Waals surface area contributed by atoms with E-state index in [1.165, 1.54) is 18.9 Å². The van der Waals surface area contributed by atoms with Gasteiger partial charge >= 0.3 is 0 Å². The number of hydrogen-bond donors (Lipinski definition) is 1. The Balaban J connectivity index is 1.91. The number of anilines is 1. The van der Waals surface area contributed by atoms with Gasteiger partial charge in [0.05, 0.1) is 11.7 Å². The molecule has 1 aromatic heterocycles. The second-order valence-corrected chi connectivity index (χ2v) is 5.26. The van der Waals surface area contributed by atoms with Gasteiger partial charge in [0.2, 0.25) is 5.95 Å². The molecule has 19 heavy (non-hydrogen) atoms. The van der Waals surface area contributed by atoms with Gasteiger partial charge < -0.3 is 9.88 Å². The van der Waals surface area contributed by atoms with Gasteiger partial charge in [-0.1, -0.05) is 12.1 Å². The van der Waals surface area contributed by atoms with Crippen molar-refractivity contribution < 1.29 is 4.39 Å². The minimum atomic E-state index is -0.196. The third kappa shape index (κ3) is 2.62. The number of nitrogens with one attached hydrogen (secondary N) is 1. The van der Waals surface area contributed by atoms with E-state index in [-0.39, 0.29) is 11.9 Å². The molecule has 1 heterocycles. The second-order valence-electron chi connectivity index (χ2n) is 5.26. The van der Waals surface area contributed by atoms with Crippen LogP contribution in [0, 0.1) is 12.7 Å². The van der Waals surface area contributed by atoms with Gasteiger partial charge in [-0.15, -0.1) is 0 Å². The highest BCUT2D eigenvalue weighted by atomic mass is 19.1. The molecule has 1 aromatic carbocycles. The van der Waals surface area contributed by atoms with Gasteiger partial charge in [0.15, 0.2) is 0 Å². The Morgan fingerprint density at radius 2 is 2.21 bits per heavy atom. The van der Waals surface area contributed by atoms with Gasteiger partial charge in [-0.05, 0) is 44.4 Å². The molecule has 1 saturated carbocycles. The Hall–Kier alpha value is -1.84. The Kier molecular flexibility index (Phi) is 3.01. The van der Waals surface area contributed by atoms with Crippen LogP contribution in [0.15, 0.2) is 30.5 Å². The van der Waals surface area contributed by atoms with E-state index in [0.717, 1.165) is 17.2 Å². The topological polar surface area (TPSA) is 29.9 Å². The Bertz CT molecular complexity index is 587. The maximum absolute atomic E-state index is 13.3. The van der Waals surface area contributed by atoms with E-state index >= 15 is 0 Å². The summed E-state index contributed by atoms with van der Waals surface area (Å²) in [6, 6.07) is 7.38. The zero-order valence-corrected chi connectivity index (χ0v) is 11.2. The highest BCUT2D eigenvalue weighted by molar-refractivity contribution is 5.35. The van der Waals surface area contributed by atoms with Crippen LogP contribution in [0.3, 0.4) is 0 Å². The van der Waals surface area contributed by atoms with Crippen LogP contribution in [0.2, 0.25) is 0 Å². The number of hydrogen-bond acceptors (Lipinski definition) is 2. The molecule has 1 fully saturated rings. The van der Waals surface area contributed by atoms with Gasteiger partial charge in [0.1, 0.15) is 5.82 Å². The summed E-state index contributed by atoms with van der Waals surface area (Å²) in [6.45, 7) is 4.04. The lowest BCUT2D eigenvalue weighted by Crippen LogP contribution is -2.13. The summed E-state index contributed by atoms with van der Waals surface area (Å²) >= 11 is 0. The number of nitrogens with zero attached hydrogens (tertiary/aromatic N) is 2. The highest BCUT2D eigenvalue weighted by Crippen LogP contribution is 2.28. The van der Waals surface area contributed by atoms with E-state index in [0.29, 0.717) is 6.04 Å². The number of imidazole rings is 1. The zero-order chi connectivity index (χ0) is 13.4. The lowest BCUT2D eigenvalue weighted by Gasteiger charge is -2.17. The average molecular weight is 259 g/mol. The Labute approximate surface area is 112 Å². The standard InChI is InChI=1S/C15H18FN3/c1-10-9-19(15(17-10)18-14-6-7-14)11(2)12-4-3-5-13(16)8-12/h3-5,8-9,11,14H,6-7H2,1-2H3,(H,17,18). The van der Waals surface area contributed by atoms with Crippen molar-refractivity contribution in [2.24, 2.45) is 0 Å². The van der Waals surface area contributed by atoms with Crippen molar-refractivity contribution >= 4 is 5.95 Å². The van der Waals surface area contributed by atoms with Crippen molar-refractivity contribution in [2.75, 3.05) is 5.32 Å². The van der Waals surface area contributed by atoms with Crippen LogP contribution in [0.25, 0.3) is 0 Å². The van der Waals surface area contributed by atoms with Crippen LogP contribution >= 0.6 is 0 Å². The molecule has 3 nitrogen and oxygen atoms in total. The molecule has 1 atom stereocenters. The first kappa shape index (κ1) is 12.2. The smallest absolute Gasteiger partial charge is 0.203 e. The van der Waals surface area contributed by atoms with Gasteiger partial charge in [-0.3, -0.25) is 0 Å². The summed E-state index contributed by atoms with van der Waals surface area (Å²) in [5, 5.41) is 3.43. The van der Waals surface area contributed by atoms with Crippen LogP contribution in [-0.2, 0) is 0 Å². The summed E-state index contributed by atoms with van der Waals surface area (Å²) in [6.07, 6.45) is 4.43. The number of benzene rings is 1. The van der Waals surface area contributed by atoms with Crippen LogP contribution in [0.1, 0.15) is 37.1 Å². The molecule has 0 spiro atoms. The molecule has 1 aliphatic rings. The molecule has 100 valence electrons. The number of halogens is 1. The summed E-state index contributed by atoms with van der Waals surface area (Å²) in [4.78, 5) is 4.52. The van der Waals surface area contributed by atoms with Crippen LogP contribution < -0.4 is 5.32 Å². The first-order valence-corrected chi connectivity index (χ1v) is 6.71. The summed E-state index contributed by atoms with van der Waals surface area (Å²) < 4.78 is 15.4. The van der Waals surface area contributed by atoms with E-state index in [9.17, 15) is 4.39 Å². The van der Waals surface area contributed by atoms with E-state index < -0.39 is 0 Å². The molecule has 0 radical (unpaired) electrons. The molecule has 1 aliphatic carbocycles. The van der Waals surface area contributed by atoms with Crippen LogP contribution in [0.5, 0.6) is 0 Å². The summed E-state index contributed by atoms with van der Waals surface area (Å²) in [7, 11) is 0. The fourth-order valence-corrected chi connectivity index (χ4v) is 2.26. The number of aromatic nitrogens is 2. The molecule has 0 bridgehead atoms. The molecule has 1 N–H and O–H groups in total. The third-order valence-electron chi connectivity index (χ3n) is 3.51. The molecule has 2 aromatic rings. The molecule has 0 amide bonds. The molecule has 3 rings (SSSR count). The summed E-state index contributed by atoms with van der Waals surface area (Å²) in [5.74, 6) is 0.689. The van der Waals surface area contributed by atoms with Crippen molar-refractivity contribution in [2.45, 2.75) is 38.8 Å². The van der Waals surface area contributed by atoms with E-state index in [1.54, 1.807) is 12.1 Å². The first-order chi connectivity index (χ1) is 9.13. The first-order valence-electron chi connectivity index (χ1n) is 6.71. The Morgan fingerprint density at radius 1 is 1.42 bits per heavy atom. The van der Waals surface area contributed by atoms with Crippen molar-refractivity contribution in [3.05, 3.63) is 47.5 Å². The summed E-state index contributed by atoms with van der Waals surface area (Å²) in [5.41, 5.74) is 1.93. The van der Waals surface area contributed by atoms with Gasteiger partial charge in [0.25, 0.3) is 0 Å². The normalized spacial score (nSPS) is 16.4. The second kappa shape index (κ2) is 4.68. The fraction of sp³-hybridized carbons (Fsp3) is 0.400. The van der Waals surface area contributed by atoms with E-state index in [2.05, 4.69) is 21.8 Å². The number of aryl methyl sites for hydroxylation is 1. The predicted molar refractivity (Wildman–Crippen MR) is 73.8 cm³/mol. The third-order valence-corrected chi connectivity index (χ3v) is 3.51. The minimum absolute atomic E-state index is 0.0677. The SMILES string of the molecule is Cc1cn(C(C)c2cccc(F)c2)c(NC2CC2)n1. The quantitative estimate of drug-likeness (QED) is 0.910. The van der Waals surface area contributed by atoms with Crippen molar-refractivity contribution in [3.63, 3.8) is 0 Å². The van der Waals surface area contributed by atoms with Gasteiger partial charge in [-0.2, -0.15) is 0 Å². The lowest BCUT2D eigenvalue weighted by atomic mass is 10.1. The zero-order valence-electron chi connectivity index (χ0n) is 11.2. The number of rotatable bonds is 4. The van der Waals surface area contributed by atoms with E-state index in [1.807, 2.05) is 19.2 Å². The fourth-order valence-electron chi connectivity index (χ4n) is 2.26. The molecule has 4 heteroatoms. The van der Waals surface area contributed by atoms with Crippen LogP contribution in [-0.4, -0.2) is 15.6 Å².